The third-order valence-corrected chi connectivity index (χ3v) is 10.7. The molecule has 0 aromatic heterocycles. The summed E-state index contributed by atoms with van der Waals surface area (Å²) in [6, 6.07) is 35.7. The summed E-state index contributed by atoms with van der Waals surface area (Å²) >= 11 is 0. The molecular formula is C40H41Si. The predicted octanol–water partition coefficient (Wildman–Crippen LogP) is 11.3. The molecule has 0 N–H and O–H groups in total. The molecule has 3 radical (unpaired) electrons. The highest BCUT2D eigenvalue weighted by atomic mass is 28.1. The summed E-state index contributed by atoms with van der Waals surface area (Å²) < 4.78 is 0. The second-order valence-corrected chi connectivity index (χ2v) is 13.1. The highest BCUT2D eigenvalue weighted by molar-refractivity contribution is 6.12. The van der Waals surface area contributed by atoms with Crippen LogP contribution in [0, 0.1) is 5.41 Å². The van der Waals surface area contributed by atoms with E-state index in [1.807, 2.05) is 0 Å². The summed E-state index contributed by atoms with van der Waals surface area (Å²) in [5, 5.41) is 0. The van der Waals surface area contributed by atoms with Crippen molar-refractivity contribution in [2.24, 2.45) is 5.41 Å². The SMILES string of the molecule is CCCCCC([Si])C(C)(C1C(C)=Cc2c(-c3ccccc3)cccc21)C1C(C)=Cc2c(-c3ccccc3)cccc21. The van der Waals surface area contributed by atoms with Gasteiger partial charge in [0.1, 0.15) is 0 Å². The van der Waals surface area contributed by atoms with Gasteiger partial charge in [-0.2, -0.15) is 0 Å². The van der Waals surface area contributed by atoms with Crippen molar-refractivity contribution in [3.8, 4) is 22.3 Å². The third-order valence-electron chi connectivity index (χ3n) is 9.82. The number of hydrogen-bond acceptors (Lipinski definition) is 0. The van der Waals surface area contributed by atoms with Crippen LogP contribution in [0.5, 0.6) is 0 Å². The normalized spacial score (nSPS) is 19.6. The van der Waals surface area contributed by atoms with Crippen molar-refractivity contribution in [3.05, 3.63) is 130 Å². The molecule has 0 saturated carbocycles. The van der Waals surface area contributed by atoms with E-state index in [2.05, 4.69) is 147 Å². The molecule has 3 atom stereocenters. The molecule has 0 spiro atoms. The zero-order chi connectivity index (χ0) is 28.6. The lowest BCUT2D eigenvalue weighted by Crippen LogP contribution is -2.37. The van der Waals surface area contributed by atoms with E-state index in [1.54, 1.807) is 0 Å². The van der Waals surface area contributed by atoms with E-state index in [0.717, 1.165) is 0 Å². The Balaban J connectivity index is 1.51. The van der Waals surface area contributed by atoms with E-state index in [9.17, 15) is 0 Å². The van der Waals surface area contributed by atoms with E-state index in [0.29, 0.717) is 17.4 Å². The van der Waals surface area contributed by atoms with Crippen molar-refractivity contribution in [2.45, 2.75) is 70.8 Å². The quantitative estimate of drug-likeness (QED) is 0.144. The topological polar surface area (TPSA) is 0 Å². The first-order valence-electron chi connectivity index (χ1n) is 15.4. The van der Waals surface area contributed by atoms with E-state index in [-0.39, 0.29) is 5.41 Å². The molecule has 1 heteroatoms. The summed E-state index contributed by atoms with van der Waals surface area (Å²) in [5.41, 5.74) is 14.3. The van der Waals surface area contributed by atoms with Crippen LogP contribution in [0.15, 0.2) is 108 Å². The van der Waals surface area contributed by atoms with Gasteiger partial charge in [0, 0.05) is 22.1 Å². The summed E-state index contributed by atoms with van der Waals surface area (Å²) in [7, 11) is 4.45. The standard InChI is InChI=1S/C40H41Si/c1-5-6-9-24-37(41)40(4,38-27(2)25-35-31(20-14-22-33(35)38)29-16-10-7-11-17-29)39-28(3)26-36-32(21-15-23-34(36)39)30-18-12-8-13-19-30/h7-8,10-23,25-26,37-39H,5-6,9,24H2,1-4H3. The van der Waals surface area contributed by atoms with Gasteiger partial charge in [0.15, 0.2) is 0 Å². The van der Waals surface area contributed by atoms with Gasteiger partial charge < -0.3 is 0 Å². The second-order valence-electron chi connectivity index (χ2n) is 12.4. The zero-order valence-corrected chi connectivity index (χ0v) is 26.0. The molecular weight excluding hydrogens is 509 g/mol. The molecule has 0 fully saturated rings. The second kappa shape index (κ2) is 11.5. The first-order valence-corrected chi connectivity index (χ1v) is 16.0. The first kappa shape index (κ1) is 27.7. The van der Waals surface area contributed by atoms with Gasteiger partial charge in [-0.3, -0.25) is 0 Å². The lowest BCUT2D eigenvalue weighted by molar-refractivity contribution is 0.213. The van der Waals surface area contributed by atoms with Crippen molar-refractivity contribution in [1.82, 2.24) is 0 Å². The van der Waals surface area contributed by atoms with E-state index >= 15 is 0 Å². The van der Waals surface area contributed by atoms with Crippen LogP contribution in [0.1, 0.15) is 87.5 Å². The minimum absolute atomic E-state index is 0.0487. The highest BCUT2D eigenvalue weighted by Crippen LogP contribution is 2.64. The monoisotopic (exact) mass is 549 g/mol. The largest absolute Gasteiger partial charge is 0.0654 e. The lowest BCUT2D eigenvalue weighted by Gasteiger charge is -2.48. The Labute approximate surface area is 250 Å². The fraction of sp³-hybridized carbons (Fsp3) is 0.300. The van der Waals surface area contributed by atoms with Crippen molar-refractivity contribution in [2.75, 3.05) is 0 Å². The molecule has 41 heavy (non-hydrogen) atoms. The Morgan fingerprint density at radius 2 is 1.10 bits per heavy atom. The number of fused-ring (bicyclic) bond motifs is 2. The number of hydrogen-bond donors (Lipinski definition) is 0. The van der Waals surface area contributed by atoms with E-state index < -0.39 is 0 Å². The fourth-order valence-corrected chi connectivity index (χ4v) is 8.51. The average Bonchev–Trinajstić information content (AvgIpc) is 3.53. The number of allylic oxidation sites excluding steroid dienone is 2. The third kappa shape index (κ3) is 4.79. The van der Waals surface area contributed by atoms with Gasteiger partial charge >= 0.3 is 0 Å². The van der Waals surface area contributed by atoms with Crippen molar-refractivity contribution < 1.29 is 0 Å². The van der Waals surface area contributed by atoms with Crippen LogP contribution in [0.2, 0.25) is 5.54 Å². The maximum atomic E-state index is 4.45. The van der Waals surface area contributed by atoms with Gasteiger partial charge in [-0.1, -0.05) is 160 Å². The van der Waals surface area contributed by atoms with Crippen LogP contribution in [0.25, 0.3) is 34.4 Å². The minimum Gasteiger partial charge on any atom is -0.0654 e. The molecule has 6 rings (SSSR count). The lowest BCUT2D eigenvalue weighted by atomic mass is 9.58. The van der Waals surface area contributed by atoms with Crippen LogP contribution in [-0.4, -0.2) is 10.2 Å². The molecule has 0 saturated heterocycles. The fourth-order valence-electron chi connectivity index (χ4n) is 7.97. The minimum atomic E-state index is -0.0487. The smallest absolute Gasteiger partial charge is 0.0274 e. The van der Waals surface area contributed by atoms with Crippen molar-refractivity contribution in [3.63, 3.8) is 0 Å². The van der Waals surface area contributed by atoms with Gasteiger partial charge in [-0.25, -0.2) is 0 Å². The Morgan fingerprint density at radius 1 is 0.634 bits per heavy atom. The molecule has 2 aliphatic rings. The molecule has 2 aliphatic carbocycles. The molecule has 205 valence electrons. The van der Waals surface area contributed by atoms with Crippen LogP contribution >= 0.6 is 0 Å². The predicted molar refractivity (Wildman–Crippen MR) is 178 cm³/mol. The summed E-state index contributed by atoms with van der Waals surface area (Å²) in [6.45, 7) is 9.63. The van der Waals surface area contributed by atoms with Crippen molar-refractivity contribution >= 4 is 22.4 Å². The Bertz CT molecular complexity index is 1480. The Morgan fingerprint density at radius 3 is 1.54 bits per heavy atom. The van der Waals surface area contributed by atoms with Crippen LogP contribution in [-0.2, 0) is 0 Å². The number of unbranched alkanes of at least 4 members (excludes halogenated alkanes) is 2. The molecule has 0 bridgehead atoms. The van der Waals surface area contributed by atoms with Gasteiger partial charge in [-0.05, 0) is 69.3 Å². The Kier molecular flexibility index (Phi) is 7.75. The average molecular weight is 550 g/mol. The molecule has 0 nitrogen and oxygen atoms in total. The molecule has 0 amide bonds. The maximum absolute atomic E-state index is 4.45. The molecule has 0 heterocycles. The maximum Gasteiger partial charge on any atom is 0.0274 e. The zero-order valence-electron chi connectivity index (χ0n) is 25.0. The molecule has 4 aromatic rings. The summed E-state index contributed by atoms with van der Waals surface area (Å²) in [5.74, 6) is 0.648. The van der Waals surface area contributed by atoms with Crippen LogP contribution < -0.4 is 0 Å². The summed E-state index contributed by atoms with van der Waals surface area (Å²) in [4.78, 5) is 0. The first-order chi connectivity index (χ1) is 19.9. The summed E-state index contributed by atoms with van der Waals surface area (Å²) in [6.07, 6.45) is 9.92. The number of rotatable bonds is 9. The Hall–Kier alpha value is -3.42. The van der Waals surface area contributed by atoms with Crippen molar-refractivity contribution in [1.29, 1.82) is 0 Å². The van der Waals surface area contributed by atoms with E-state index in [4.69, 9.17) is 0 Å². The molecule has 4 aromatic carbocycles. The van der Waals surface area contributed by atoms with Gasteiger partial charge in [0.05, 0.1) is 0 Å². The van der Waals surface area contributed by atoms with Crippen LogP contribution in [0.3, 0.4) is 0 Å². The highest BCUT2D eigenvalue weighted by Gasteiger charge is 2.51. The molecule has 0 aliphatic heterocycles. The van der Waals surface area contributed by atoms with Gasteiger partial charge in [-0.15, -0.1) is 0 Å². The number of benzene rings is 4. The van der Waals surface area contributed by atoms with E-state index in [1.165, 1.54) is 81.3 Å². The van der Waals surface area contributed by atoms with Gasteiger partial charge in [0.25, 0.3) is 0 Å². The van der Waals surface area contributed by atoms with Crippen LogP contribution in [0.4, 0.5) is 0 Å². The molecule has 3 unspecified atom stereocenters. The van der Waals surface area contributed by atoms with Gasteiger partial charge in [0.2, 0.25) is 0 Å².